The Morgan fingerprint density at radius 2 is 1.92 bits per heavy atom. The van der Waals surface area contributed by atoms with E-state index in [1.165, 1.54) is 19.1 Å². The number of sulfonamides is 1. The second-order valence-corrected chi connectivity index (χ2v) is 7.87. The highest BCUT2D eigenvalue weighted by Gasteiger charge is 2.23. The van der Waals surface area contributed by atoms with Crippen molar-refractivity contribution in [2.75, 3.05) is 22.8 Å². The summed E-state index contributed by atoms with van der Waals surface area (Å²) in [6, 6.07) is 11.6. The fourth-order valence-corrected chi connectivity index (χ4v) is 3.97. The van der Waals surface area contributed by atoms with Crippen LogP contribution < -0.4 is 14.4 Å². The van der Waals surface area contributed by atoms with Crippen LogP contribution in [0.5, 0.6) is 5.75 Å². The fourth-order valence-electron chi connectivity index (χ4n) is 2.92. The lowest BCUT2D eigenvalue weighted by molar-refractivity contribution is -0.116. The Morgan fingerprint density at radius 3 is 2.58 bits per heavy atom. The minimum absolute atomic E-state index is 0.0496. The lowest BCUT2D eigenvalue weighted by Crippen LogP contribution is -2.25. The van der Waals surface area contributed by atoms with Gasteiger partial charge in [0.2, 0.25) is 5.91 Å². The lowest BCUT2D eigenvalue weighted by atomic mass is 10.1. The molecule has 0 fully saturated rings. The summed E-state index contributed by atoms with van der Waals surface area (Å²) < 4.78 is 33.3. The number of rotatable bonds is 6. The van der Waals surface area contributed by atoms with Crippen LogP contribution in [-0.2, 0) is 21.2 Å². The number of benzene rings is 2. The summed E-state index contributed by atoms with van der Waals surface area (Å²) in [5, 5.41) is 0. The standard InChI is InChI=1S/C19H22N2O4S/c1-3-12-25-17-6-8-18(9-7-17)26(23,24)20-16-5-4-15-10-11-21(14(2)22)19(15)13-16/h4-9,13,20H,3,10-12H2,1-2H3. The normalized spacial score (nSPS) is 13.4. The third-order valence-corrected chi connectivity index (χ3v) is 5.62. The average molecular weight is 374 g/mol. The van der Waals surface area contributed by atoms with E-state index >= 15 is 0 Å². The maximum atomic E-state index is 12.6. The molecule has 2 aromatic carbocycles. The van der Waals surface area contributed by atoms with E-state index in [-0.39, 0.29) is 10.8 Å². The molecule has 2 aromatic rings. The molecule has 0 atom stereocenters. The van der Waals surface area contributed by atoms with Crippen molar-refractivity contribution in [1.29, 1.82) is 0 Å². The lowest BCUT2D eigenvalue weighted by Gasteiger charge is -2.16. The maximum absolute atomic E-state index is 12.6. The van der Waals surface area contributed by atoms with Crippen molar-refractivity contribution in [3.63, 3.8) is 0 Å². The summed E-state index contributed by atoms with van der Waals surface area (Å²) in [6.07, 6.45) is 1.67. The minimum Gasteiger partial charge on any atom is -0.494 e. The van der Waals surface area contributed by atoms with Crippen molar-refractivity contribution >= 4 is 27.3 Å². The molecule has 0 unspecified atom stereocenters. The number of nitrogens with zero attached hydrogens (tertiary/aromatic N) is 1. The van der Waals surface area contributed by atoms with E-state index in [1.54, 1.807) is 29.2 Å². The molecule has 1 aliphatic rings. The van der Waals surface area contributed by atoms with Crippen molar-refractivity contribution in [2.45, 2.75) is 31.6 Å². The van der Waals surface area contributed by atoms with Crippen LogP contribution in [0.15, 0.2) is 47.4 Å². The van der Waals surface area contributed by atoms with Gasteiger partial charge in [-0.2, -0.15) is 0 Å². The van der Waals surface area contributed by atoms with Crippen molar-refractivity contribution < 1.29 is 17.9 Å². The molecule has 138 valence electrons. The maximum Gasteiger partial charge on any atom is 0.261 e. The largest absolute Gasteiger partial charge is 0.494 e. The fraction of sp³-hybridized carbons (Fsp3) is 0.316. The average Bonchev–Trinajstić information content (AvgIpc) is 3.03. The summed E-state index contributed by atoms with van der Waals surface area (Å²) in [5.74, 6) is 0.590. The Labute approximate surface area is 153 Å². The van der Waals surface area contributed by atoms with E-state index in [4.69, 9.17) is 4.74 Å². The molecule has 0 saturated carbocycles. The van der Waals surface area contributed by atoms with Gasteiger partial charge in [-0.05, 0) is 54.8 Å². The summed E-state index contributed by atoms with van der Waals surface area (Å²) in [7, 11) is -3.71. The molecule has 26 heavy (non-hydrogen) atoms. The first-order chi connectivity index (χ1) is 12.4. The second-order valence-electron chi connectivity index (χ2n) is 6.19. The zero-order chi connectivity index (χ0) is 18.7. The molecule has 0 spiro atoms. The van der Waals surface area contributed by atoms with Crippen molar-refractivity contribution in [2.24, 2.45) is 0 Å². The highest BCUT2D eigenvalue weighted by Crippen LogP contribution is 2.31. The summed E-state index contributed by atoms with van der Waals surface area (Å²) in [4.78, 5) is 13.5. The molecule has 1 aliphatic heterocycles. The number of amides is 1. The molecule has 3 rings (SSSR count). The van der Waals surface area contributed by atoms with Crippen molar-refractivity contribution in [3.05, 3.63) is 48.0 Å². The van der Waals surface area contributed by atoms with Crippen LogP contribution >= 0.6 is 0 Å². The number of fused-ring (bicyclic) bond motifs is 1. The van der Waals surface area contributed by atoms with Crippen molar-refractivity contribution in [3.8, 4) is 5.75 Å². The monoisotopic (exact) mass is 374 g/mol. The Kier molecular flexibility index (Phi) is 5.18. The number of carbonyl (C=O) groups is 1. The second kappa shape index (κ2) is 7.37. The quantitative estimate of drug-likeness (QED) is 0.843. The summed E-state index contributed by atoms with van der Waals surface area (Å²) in [6.45, 7) is 4.73. The van der Waals surface area contributed by atoms with Gasteiger partial charge in [-0.3, -0.25) is 9.52 Å². The van der Waals surface area contributed by atoms with Crippen LogP contribution in [-0.4, -0.2) is 27.5 Å². The van der Waals surface area contributed by atoms with E-state index in [0.29, 0.717) is 24.6 Å². The molecule has 7 heteroatoms. The highest BCUT2D eigenvalue weighted by atomic mass is 32.2. The van der Waals surface area contributed by atoms with Crippen LogP contribution in [0.4, 0.5) is 11.4 Å². The first kappa shape index (κ1) is 18.3. The van der Waals surface area contributed by atoms with E-state index in [0.717, 1.165) is 24.1 Å². The van der Waals surface area contributed by atoms with Crippen LogP contribution in [0, 0.1) is 0 Å². The van der Waals surface area contributed by atoms with Gasteiger partial charge in [0.1, 0.15) is 5.75 Å². The number of carbonyl (C=O) groups excluding carboxylic acids is 1. The van der Waals surface area contributed by atoms with Crippen LogP contribution in [0.2, 0.25) is 0 Å². The Hall–Kier alpha value is -2.54. The van der Waals surface area contributed by atoms with Gasteiger partial charge in [-0.15, -0.1) is 0 Å². The molecule has 0 saturated heterocycles. The van der Waals surface area contributed by atoms with E-state index in [2.05, 4.69) is 4.72 Å². The topological polar surface area (TPSA) is 75.7 Å². The Morgan fingerprint density at radius 1 is 1.19 bits per heavy atom. The number of anilines is 2. The van der Waals surface area contributed by atoms with Crippen LogP contribution in [0.1, 0.15) is 25.8 Å². The third kappa shape index (κ3) is 3.83. The predicted molar refractivity (Wildman–Crippen MR) is 101 cm³/mol. The zero-order valence-electron chi connectivity index (χ0n) is 14.9. The van der Waals surface area contributed by atoms with Gasteiger partial charge < -0.3 is 9.64 Å². The van der Waals surface area contributed by atoms with Gasteiger partial charge in [0.05, 0.1) is 17.2 Å². The predicted octanol–water partition coefficient (Wildman–Crippen LogP) is 3.19. The molecule has 0 bridgehead atoms. The molecular weight excluding hydrogens is 352 g/mol. The molecule has 1 N–H and O–H groups in total. The van der Waals surface area contributed by atoms with Gasteiger partial charge in [-0.1, -0.05) is 13.0 Å². The van der Waals surface area contributed by atoms with Crippen LogP contribution in [0.25, 0.3) is 0 Å². The zero-order valence-corrected chi connectivity index (χ0v) is 15.7. The minimum atomic E-state index is -3.71. The summed E-state index contributed by atoms with van der Waals surface area (Å²) in [5.41, 5.74) is 2.24. The summed E-state index contributed by atoms with van der Waals surface area (Å²) >= 11 is 0. The number of hydrogen-bond acceptors (Lipinski definition) is 4. The number of hydrogen-bond donors (Lipinski definition) is 1. The molecule has 0 aromatic heterocycles. The molecular formula is C19H22N2O4S. The van der Waals surface area contributed by atoms with Gasteiger partial charge >= 0.3 is 0 Å². The SMILES string of the molecule is CCCOc1ccc(S(=O)(=O)Nc2ccc3c(c2)N(C(C)=O)CC3)cc1. The first-order valence-electron chi connectivity index (χ1n) is 8.57. The van der Waals surface area contributed by atoms with Gasteiger partial charge in [0, 0.05) is 19.2 Å². The van der Waals surface area contributed by atoms with Gasteiger partial charge in [0.15, 0.2) is 0 Å². The van der Waals surface area contributed by atoms with Crippen LogP contribution in [0.3, 0.4) is 0 Å². The third-order valence-electron chi connectivity index (χ3n) is 4.22. The Balaban J connectivity index is 1.80. The molecule has 1 heterocycles. The number of nitrogens with one attached hydrogen (secondary N) is 1. The molecule has 6 nitrogen and oxygen atoms in total. The molecule has 0 radical (unpaired) electrons. The van der Waals surface area contributed by atoms with Crippen molar-refractivity contribution in [1.82, 2.24) is 0 Å². The van der Waals surface area contributed by atoms with E-state index in [9.17, 15) is 13.2 Å². The highest BCUT2D eigenvalue weighted by molar-refractivity contribution is 7.92. The smallest absolute Gasteiger partial charge is 0.261 e. The Bertz CT molecular complexity index is 908. The van der Waals surface area contributed by atoms with Gasteiger partial charge in [0.25, 0.3) is 10.0 Å². The first-order valence-corrected chi connectivity index (χ1v) is 10.1. The van der Waals surface area contributed by atoms with E-state index in [1.807, 2.05) is 13.0 Å². The van der Waals surface area contributed by atoms with Gasteiger partial charge in [-0.25, -0.2) is 8.42 Å². The molecule has 0 aliphatic carbocycles. The van der Waals surface area contributed by atoms with E-state index < -0.39 is 10.0 Å². The number of ether oxygens (including phenoxy) is 1. The molecule has 1 amide bonds.